The molecule has 0 aromatic heterocycles. The van der Waals surface area contributed by atoms with Crippen LogP contribution < -0.4 is 5.73 Å². The molecule has 0 fully saturated rings. The molecule has 100 valence electrons. The summed E-state index contributed by atoms with van der Waals surface area (Å²) < 4.78 is 4.76. The van der Waals surface area contributed by atoms with E-state index in [0.29, 0.717) is 12.3 Å². The molecule has 3 nitrogen and oxygen atoms in total. The predicted molar refractivity (Wildman–Crippen MR) is 75.2 cm³/mol. The van der Waals surface area contributed by atoms with Crippen molar-refractivity contribution in [2.45, 2.75) is 31.9 Å². The largest absolute Gasteiger partial charge is 0.441 e. The molecule has 1 aromatic carbocycles. The van der Waals surface area contributed by atoms with Gasteiger partial charge in [-0.25, -0.2) is 4.79 Å². The summed E-state index contributed by atoms with van der Waals surface area (Å²) in [7, 11) is 0. The van der Waals surface area contributed by atoms with Crippen molar-refractivity contribution in [2.24, 2.45) is 5.73 Å². The number of alkyl halides is 1. The van der Waals surface area contributed by atoms with Crippen LogP contribution in [0, 0.1) is 0 Å². The van der Waals surface area contributed by atoms with Gasteiger partial charge in [0.1, 0.15) is 0 Å². The van der Waals surface area contributed by atoms with Gasteiger partial charge in [-0.15, -0.1) is 11.6 Å². The van der Waals surface area contributed by atoms with E-state index in [1.165, 1.54) is 5.56 Å². The van der Waals surface area contributed by atoms with Crippen LogP contribution >= 0.6 is 11.6 Å². The highest BCUT2D eigenvalue weighted by atomic mass is 35.5. The van der Waals surface area contributed by atoms with Gasteiger partial charge in [0.05, 0.1) is 0 Å². The Hall–Kier alpha value is -1.32. The number of ether oxygens (including phenoxy) is 1. The Morgan fingerprint density at radius 3 is 2.39 bits per heavy atom. The number of esters is 1. The summed E-state index contributed by atoms with van der Waals surface area (Å²) in [5.41, 5.74) is 5.82. The monoisotopic (exact) mass is 269 g/mol. The zero-order chi connectivity index (χ0) is 14.0. The van der Waals surface area contributed by atoms with Crippen LogP contribution in [0.5, 0.6) is 0 Å². The number of hydrogen-bond donors (Lipinski definition) is 1. The van der Waals surface area contributed by atoms with Crippen LogP contribution in [-0.4, -0.2) is 11.7 Å². The lowest BCUT2D eigenvalue weighted by atomic mass is 10.2. The smallest absolute Gasteiger partial charge is 0.331 e. The zero-order valence-corrected chi connectivity index (χ0v) is 11.6. The van der Waals surface area contributed by atoms with Crippen molar-refractivity contribution in [3.8, 4) is 0 Å². The molecule has 0 heterocycles. The molecule has 0 saturated heterocycles. The fraction of sp³-hybridized carbons (Fsp3) is 0.357. The Balaban J connectivity index is 0.000000327. The number of carbonyl (C=O) groups is 1. The maximum atomic E-state index is 10.6. The first-order valence-corrected chi connectivity index (χ1v) is 6.22. The normalized spacial score (nSPS) is 12.7. The second-order valence-corrected chi connectivity index (χ2v) is 4.18. The first-order chi connectivity index (χ1) is 8.45. The topological polar surface area (TPSA) is 52.3 Å². The van der Waals surface area contributed by atoms with Gasteiger partial charge in [0.15, 0.2) is 5.72 Å². The fourth-order valence-electron chi connectivity index (χ4n) is 0.911. The van der Waals surface area contributed by atoms with E-state index in [9.17, 15) is 4.79 Å². The van der Waals surface area contributed by atoms with Gasteiger partial charge in [-0.1, -0.05) is 43.8 Å². The second-order valence-electron chi connectivity index (χ2n) is 3.91. The molecule has 0 bridgehead atoms. The molecule has 0 spiro atoms. The summed E-state index contributed by atoms with van der Waals surface area (Å²) in [6.07, 6.45) is 1.69. The Morgan fingerprint density at radius 1 is 1.50 bits per heavy atom. The highest BCUT2D eigenvalue weighted by molar-refractivity contribution is 6.17. The molecular formula is C14H20ClNO2. The van der Waals surface area contributed by atoms with Crippen molar-refractivity contribution in [3.05, 3.63) is 48.6 Å². The third kappa shape index (κ3) is 7.87. The summed E-state index contributed by atoms with van der Waals surface area (Å²) in [6, 6.07) is 9.96. The molecule has 1 atom stereocenters. The zero-order valence-electron chi connectivity index (χ0n) is 10.9. The van der Waals surface area contributed by atoms with Gasteiger partial charge in [-0.05, 0) is 18.9 Å². The van der Waals surface area contributed by atoms with Crippen LogP contribution in [-0.2, 0) is 15.4 Å². The molecule has 0 aliphatic carbocycles. The molecule has 4 heteroatoms. The maximum Gasteiger partial charge on any atom is 0.331 e. The summed E-state index contributed by atoms with van der Waals surface area (Å²) in [5, 5.41) is 0. The maximum absolute atomic E-state index is 10.6. The molecule has 0 saturated carbocycles. The summed E-state index contributed by atoms with van der Waals surface area (Å²) >= 11 is 5.53. The van der Waals surface area contributed by atoms with Crippen molar-refractivity contribution in [3.63, 3.8) is 0 Å². The molecule has 0 aliphatic heterocycles. The number of carbonyl (C=O) groups excluding carboxylic acids is 1. The van der Waals surface area contributed by atoms with Gasteiger partial charge in [0, 0.05) is 12.0 Å². The van der Waals surface area contributed by atoms with Gasteiger partial charge in [0.25, 0.3) is 0 Å². The van der Waals surface area contributed by atoms with E-state index >= 15 is 0 Å². The SMILES string of the molecule is C=CC(=O)OC(C)(N)CC.ClCc1ccccc1. The first-order valence-electron chi connectivity index (χ1n) is 5.69. The quantitative estimate of drug-likeness (QED) is 0.395. The van der Waals surface area contributed by atoms with Crippen LogP contribution in [0.25, 0.3) is 0 Å². The number of rotatable bonds is 4. The Morgan fingerprint density at radius 2 is 2.06 bits per heavy atom. The standard InChI is InChI=1S/C7H7Cl.C7H13NO2/c8-6-7-4-2-1-3-5-7;1-4-6(9)10-7(3,8)5-2/h1-5H,6H2;4H,1,5,8H2,2-3H3. The Labute approximate surface area is 114 Å². The van der Waals surface area contributed by atoms with Gasteiger partial charge in [0.2, 0.25) is 0 Å². The van der Waals surface area contributed by atoms with E-state index in [-0.39, 0.29) is 0 Å². The van der Waals surface area contributed by atoms with E-state index in [0.717, 1.165) is 6.08 Å². The van der Waals surface area contributed by atoms with Crippen LogP contribution in [0.1, 0.15) is 25.8 Å². The Bertz CT molecular complexity index is 363. The lowest BCUT2D eigenvalue weighted by Crippen LogP contribution is -2.40. The number of nitrogens with two attached hydrogens (primary N) is 1. The molecule has 1 rings (SSSR count). The van der Waals surface area contributed by atoms with Crippen molar-refractivity contribution < 1.29 is 9.53 Å². The average molecular weight is 270 g/mol. The predicted octanol–water partition coefficient (Wildman–Crippen LogP) is 3.23. The minimum atomic E-state index is -0.856. The minimum absolute atomic E-state index is 0.480. The van der Waals surface area contributed by atoms with Crippen molar-refractivity contribution >= 4 is 17.6 Å². The van der Waals surface area contributed by atoms with Gasteiger partial charge >= 0.3 is 5.97 Å². The minimum Gasteiger partial charge on any atom is -0.441 e. The second kappa shape index (κ2) is 8.72. The molecule has 2 N–H and O–H groups in total. The highest BCUT2D eigenvalue weighted by Gasteiger charge is 2.18. The van der Waals surface area contributed by atoms with E-state index in [1.54, 1.807) is 6.92 Å². The first kappa shape index (κ1) is 16.7. The van der Waals surface area contributed by atoms with E-state index < -0.39 is 11.7 Å². The van der Waals surface area contributed by atoms with Crippen LogP contribution in [0.3, 0.4) is 0 Å². The van der Waals surface area contributed by atoms with Crippen molar-refractivity contribution in [1.29, 1.82) is 0 Å². The number of hydrogen-bond acceptors (Lipinski definition) is 3. The van der Waals surface area contributed by atoms with Crippen LogP contribution in [0.4, 0.5) is 0 Å². The van der Waals surface area contributed by atoms with E-state index in [4.69, 9.17) is 22.1 Å². The fourth-order valence-corrected chi connectivity index (χ4v) is 1.09. The third-order valence-corrected chi connectivity index (χ3v) is 2.51. The third-order valence-electron chi connectivity index (χ3n) is 2.20. The molecule has 1 unspecified atom stereocenters. The molecule has 0 amide bonds. The summed E-state index contributed by atoms with van der Waals surface area (Å²) in [5.74, 6) is 0.132. The summed E-state index contributed by atoms with van der Waals surface area (Å²) in [4.78, 5) is 10.6. The van der Waals surface area contributed by atoms with Gasteiger partial charge < -0.3 is 4.74 Å². The molecule has 1 aromatic rings. The summed E-state index contributed by atoms with van der Waals surface area (Å²) in [6.45, 7) is 6.74. The lowest BCUT2D eigenvalue weighted by molar-refractivity contribution is -0.151. The number of benzene rings is 1. The molecule has 0 radical (unpaired) electrons. The number of halogens is 1. The highest BCUT2D eigenvalue weighted by Crippen LogP contribution is 2.06. The molecule has 0 aliphatic rings. The Kier molecular flexibility index (Phi) is 8.08. The molecule has 18 heavy (non-hydrogen) atoms. The lowest BCUT2D eigenvalue weighted by Gasteiger charge is -2.21. The average Bonchev–Trinajstić information content (AvgIpc) is 2.40. The van der Waals surface area contributed by atoms with E-state index in [1.807, 2.05) is 37.3 Å². The van der Waals surface area contributed by atoms with Gasteiger partial charge in [-0.3, -0.25) is 5.73 Å². The van der Waals surface area contributed by atoms with Crippen molar-refractivity contribution in [2.75, 3.05) is 0 Å². The molecular weight excluding hydrogens is 250 g/mol. The van der Waals surface area contributed by atoms with Crippen LogP contribution in [0.15, 0.2) is 43.0 Å². The van der Waals surface area contributed by atoms with Gasteiger partial charge in [-0.2, -0.15) is 0 Å². The van der Waals surface area contributed by atoms with E-state index in [2.05, 4.69) is 6.58 Å². The van der Waals surface area contributed by atoms with Crippen LogP contribution in [0.2, 0.25) is 0 Å². The van der Waals surface area contributed by atoms with Crippen molar-refractivity contribution in [1.82, 2.24) is 0 Å².